The Morgan fingerprint density at radius 2 is 1.37 bits per heavy atom. The fourth-order valence-electron chi connectivity index (χ4n) is 5.55. The average Bonchev–Trinajstić information content (AvgIpc) is 3.53. The van der Waals surface area contributed by atoms with Gasteiger partial charge < -0.3 is 8.83 Å². The zero-order valence-corrected chi connectivity index (χ0v) is 20.1. The van der Waals surface area contributed by atoms with Crippen LogP contribution in [0.2, 0.25) is 0 Å². The van der Waals surface area contributed by atoms with Crippen LogP contribution in [-0.2, 0) is 7.05 Å². The van der Waals surface area contributed by atoms with E-state index in [2.05, 4.69) is 72.9 Å². The lowest BCUT2D eigenvalue weighted by molar-refractivity contribution is -0.717. The summed E-state index contributed by atoms with van der Waals surface area (Å²) >= 11 is 0. The normalized spacial score (nSPS) is 12.0. The third-order valence-electron chi connectivity index (χ3n) is 7.16. The lowest BCUT2D eigenvalue weighted by Crippen LogP contribution is -2.33. The number of aromatic nitrogens is 3. The average molecular weight is 459 g/mol. The molecule has 0 amide bonds. The lowest BCUT2D eigenvalue weighted by Gasteiger charge is -2.10. The Kier molecular flexibility index (Phi) is 4.04. The van der Waals surface area contributed by atoms with Gasteiger partial charge in [0.2, 0.25) is 6.33 Å². The summed E-state index contributed by atoms with van der Waals surface area (Å²) < 4.78 is 16.9. The molecule has 170 valence electrons. The van der Waals surface area contributed by atoms with Crippen LogP contribution in [0.1, 0.15) is 16.7 Å². The van der Waals surface area contributed by atoms with Gasteiger partial charge in [0.25, 0.3) is 0 Å². The number of para-hydroxylation sites is 2. The zero-order valence-electron chi connectivity index (χ0n) is 20.1. The van der Waals surface area contributed by atoms with Crippen molar-refractivity contribution in [1.82, 2.24) is 9.67 Å². The van der Waals surface area contributed by atoms with Gasteiger partial charge in [-0.1, -0.05) is 48.5 Å². The van der Waals surface area contributed by atoms with Gasteiger partial charge in [-0.2, -0.15) is 4.57 Å². The molecule has 5 nitrogen and oxygen atoms in total. The number of rotatable bonds is 2. The van der Waals surface area contributed by atoms with Gasteiger partial charge >= 0.3 is 5.82 Å². The van der Waals surface area contributed by atoms with Gasteiger partial charge in [0, 0.05) is 27.1 Å². The van der Waals surface area contributed by atoms with E-state index in [1.165, 1.54) is 0 Å². The van der Waals surface area contributed by atoms with Crippen molar-refractivity contribution in [3.05, 3.63) is 89.7 Å². The summed E-state index contributed by atoms with van der Waals surface area (Å²) in [4.78, 5) is 0. The molecule has 4 aromatic carbocycles. The number of benzene rings is 4. The van der Waals surface area contributed by atoms with E-state index in [1.54, 1.807) is 0 Å². The highest BCUT2D eigenvalue weighted by Crippen LogP contribution is 2.40. The Labute approximate surface area is 201 Å². The molecule has 0 unspecified atom stereocenters. The van der Waals surface area contributed by atoms with E-state index in [0.29, 0.717) is 0 Å². The summed E-state index contributed by atoms with van der Waals surface area (Å²) in [5, 5.41) is 9.19. The molecule has 3 heterocycles. The van der Waals surface area contributed by atoms with Crippen molar-refractivity contribution in [2.24, 2.45) is 7.05 Å². The summed E-state index contributed by atoms with van der Waals surface area (Å²) in [6.07, 6.45) is 1.89. The predicted octanol–water partition coefficient (Wildman–Crippen LogP) is 7.09. The van der Waals surface area contributed by atoms with E-state index in [4.69, 9.17) is 8.83 Å². The second-order valence-corrected chi connectivity index (χ2v) is 9.32. The second-order valence-electron chi connectivity index (χ2n) is 9.32. The van der Waals surface area contributed by atoms with Crippen molar-refractivity contribution in [2.45, 2.75) is 20.8 Å². The van der Waals surface area contributed by atoms with Gasteiger partial charge in [0.15, 0.2) is 5.58 Å². The number of nitrogens with zero attached hydrogens (tertiary/aromatic N) is 3. The number of hydrogen-bond donors (Lipinski definition) is 0. The smallest absolute Gasteiger partial charge is 0.319 e. The van der Waals surface area contributed by atoms with Gasteiger partial charge in [0.05, 0.1) is 0 Å². The van der Waals surface area contributed by atoms with Crippen molar-refractivity contribution in [2.75, 3.05) is 0 Å². The van der Waals surface area contributed by atoms with E-state index in [-0.39, 0.29) is 0 Å². The van der Waals surface area contributed by atoms with Crippen LogP contribution in [0.3, 0.4) is 0 Å². The van der Waals surface area contributed by atoms with Gasteiger partial charge in [0.1, 0.15) is 35.0 Å². The summed E-state index contributed by atoms with van der Waals surface area (Å²) in [5.74, 6) is 0.966. The molecule has 0 aliphatic heterocycles. The summed E-state index contributed by atoms with van der Waals surface area (Å²) in [6, 6.07) is 23.0. The lowest BCUT2D eigenvalue weighted by atomic mass is 10.0. The number of hydrogen-bond acceptors (Lipinski definition) is 3. The molecule has 0 saturated heterocycles. The molecule has 3 aromatic heterocycles. The van der Waals surface area contributed by atoms with E-state index in [9.17, 15) is 0 Å². The van der Waals surface area contributed by atoms with Gasteiger partial charge in [-0.05, 0) is 55.2 Å². The second kappa shape index (κ2) is 7.06. The molecule has 7 rings (SSSR count). The Hall–Kier alpha value is -4.38. The first-order valence-corrected chi connectivity index (χ1v) is 11.8. The largest absolute Gasteiger partial charge is 0.456 e. The first kappa shape index (κ1) is 20.0. The minimum Gasteiger partial charge on any atom is -0.456 e. The molecule has 0 spiro atoms. The van der Waals surface area contributed by atoms with Crippen LogP contribution in [0.25, 0.3) is 61.0 Å². The van der Waals surface area contributed by atoms with Crippen LogP contribution in [0.15, 0.2) is 81.9 Å². The molecule has 0 aliphatic rings. The van der Waals surface area contributed by atoms with Crippen molar-refractivity contribution in [1.29, 1.82) is 0 Å². The third-order valence-corrected chi connectivity index (χ3v) is 7.16. The highest BCUT2D eigenvalue weighted by Gasteiger charge is 2.29. The summed E-state index contributed by atoms with van der Waals surface area (Å²) in [6.45, 7) is 6.41. The maximum absolute atomic E-state index is 6.43. The molecule has 0 radical (unpaired) electrons. The molecule has 35 heavy (non-hydrogen) atoms. The molecule has 0 saturated carbocycles. The molecule has 5 heteroatoms. The Morgan fingerprint density at radius 3 is 2.11 bits per heavy atom. The van der Waals surface area contributed by atoms with Crippen LogP contribution >= 0.6 is 0 Å². The summed E-state index contributed by atoms with van der Waals surface area (Å²) in [5.41, 5.74) is 9.08. The topological polar surface area (TPSA) is 48.0 Å². The minimum atomic E-state index is 0.878. The Morgan fingerprint density at radius 1 is 0.714 bits per heavy atom. The third kappa shape index (κ3) is 2.69. The van der Waals surface area contributed by atoms with Gasteiger partial charge in [-0.15, -0.1) is 4.68 Å². The van der Waals surface area contributed by atoms with Crippen LogP contribution in [0.5, 0.6) is 0 Å². The van der Waals surface area contributed by atoms with Crippen molar-refractivity contribution in [3.63, 3.8) is 0 Å². The highest BCUT2D eigenvalue weighted by molar-refractivity contribution is 6.10. The molecular formula is C30H24N3O2+. The number of furan rings is 2. The molecule has 0 aliphatic carbocycles. The van der Waals surface area contributed by atoms with Crippen molar-refractivity contribution >= 4 is 43.9 Å². The van der Waals surface area contributed by atoms with E-state index >= 15 is 0 Å². The minimum absolute atomic E-state index is 0.878. The fourth-order valence-corrected chi connectivity index (χ4v) is 5.55. The van der Waals surface area contributed by atoms with E-state index in [0.717, 1.165) is 77.6 Å². The van der Waals surface area contributed by atoms with Crippen LogP contribution in [0.4, 0.5) is 0 Å². The fraction of sp³-hybridized carbons (Fsp3) is 0.133. The van der Waals surface area contributed by atoms with E-state index < -0.39 is 0 Å². The first-order valence-electron chi connectivity index (χ1n) is 11.8. The van der Waals surface area contributed by atoms with Crippen molar-refractivity contribution < 1.29 is 13.5 Å². The maximum Gasteiger partial charge on any atom is 0.319 e. The van der Waals surface area contributed by atoms with Gasteiger partial charge in [-0.3, -0.25) is 0 Å². The van der Waals surface area contributed by atoms with Gasteiger partial charge in [-0.25, -0.2) is 0 Å². The van der Waals surface area contributed by atoms with Crippen molar-refractivity contribution in [3.8, 4) is 17.1 Å². The van der Waals surface area contributed by atoms with Crippen LogP contribution in [-0.4, -0.2) is 9.67 Å². The highest BCUT2D eigenvalue weighted by atomic mass is 16.3. The molecule has 0 fully saturated rings. The van der Waals surface area contributed by atoms with E-state index in [1.807, 2.05) is 42.3 Å². The Bertz CT molecular complexity index is 1950. The molecular weight excluding hydrogens is 434 g/mol. The summed E-state index contributed by atoms with van der Waals surface area (Å²) in [7, 11) is 1.98. The molecule has 0 bridgehead atoms. The predicted molar refractivity (Wildman–Crippen MR) is 139 cm³/mol. The standard InChI is InChI=1S/C30H24N3O2/c1-17-13-14-22-20-9-5-7-11-24(20)35-29(22)26(17)30-32(4)31-16-33(30)27-18(2)15-23-21-10-6-8-12-25(21)34-28(23)19(27)3/h5-16H,1-4H3/q+1. The molecule has 0 N–H and O–H groups in total. The van der Waals surface area contributed by atoms with Crippen LogP contribution in [0, 0.1) is 20.8 Å². The van der Waals surface area contributed by atoms with Crippen LogP contribution < -0.4 is 4.68 Å². The Balaban J connectivity index is 1.56. The first-order chi connectivity index (χ1) is 17.0. The molecule has 7 aromatic rings. The maximum atomic E-state index is 6.43. The quantitative estimate of drug-likeness (QED) is 0.260. The zero-order chi connectivity index (χ0) is 23.8. The number of fused-ring (bicyclic) bond motifs is 6. The monoisotopic (exact) mass is 458 g/mol. The number of aryl methyl sites for hydroxylation is 4. The SMILES string of the molecule is Cc1cc2c(oc3ccccc32)c(C)c1-n1cn[n+](C)c1-c1c(C)ccc2c1oc1ccccc12. The molecule has 0 atom stereocenters.